The number of carboxylic acid groups (broad SMARTS) is 1. The molecular formula is C20H16ClN3O4. The summed E-state index contributed by atoms with van der Waals surface area (Å²) in [5.74, 6) is -0.285. The number of carbonyl (C=O) groups is 2. The Kier molecular flexibility index (Phi) is 5.76. The lowest BCUT2D eigenvalue weighted by atomic mass is 10.1. The Hall–Kier alpha value is -3.58. The van der Waals surface area contributed by atoms with E-state index in [0.29, 0.717) is 22.8 Å². The molecule has 0 aliphatic rings. The van der Waals surface area contributed by atoms with Gasteiger partial charge in [0.05, 0.1) is 16.8 Å². The fraction of sp³-hybridized carbons (Fsp3) is 0.0500. The van der Waals surface area contributed by atoms with E-state index in [4.69, 9.17) is 21.1 Å². The lowest BCUT2D eigenvalue weighted by Crippen LogP contribution is -2.24. The maximum absolute atomic E-state index is 11.9. The molecule has 3 rings (SSSR count). The maximum atomic E-state index is 11.9. The van der Waals surface area contributed by atoms with Gasteiger partial charge in [0.2, 0.25) is 0 Å². The second-order valence-corrected chi connectivity index (χ2v) is 6.25. The number of aromatic carboxylic acids is 1. The molecule has 142 valence electrons. The highest BCUT2D eigenvalue weighted by atomic mass is 35.5. The predicted molar refractivity (Wildman–Crippen MR) is 107 cm³/mol. The van der Waals surface area contributed by atoms with Gasteiger partial charge in [0, 0.05) is 11.3 Å². The van der Waals surface area contributed by atoms with Crippen molar-refractivity contribution < 1.29 is 19.1 Å². The molecule has 28 heavy (non-hydrogen) atoms. The molecular weight excluding hydrogens is 382 g/mol. The van der Waals surface area contributed by atoms with E-state index >= 15 is 0 Å². The van der Waals surface area contributed by atoms with Crippen molar-refractivity contribution in [2.45, 2.75) is 6.92 Å². The van der Waals surface area contributed by atoms with Gasteiger partial charge in [-0.05, 0) is 48.9 Å². The molecule has 0 radical (unpaired) electrons. The number of halogens is 1. The molecule has 2 aromatic carbocycles. The fourth-order valence-corrected chi connectivity index (χ4v) is 2.64. The number of benzene rings is 2. The second-order valence-electron chi connectivity index (χ2n) is 5.84. The van der Waals surface area contributed by atoms with Crippen molar-refractivity contribution in [2.24, 2.45) is 5.10 Å². The number of hydrogen-bond donors (Lipinski definition) is 3. The van der Waals surface area contributed by atoms with Gasteiger partial charge < -0.3 is 14.8 Å². The average molecular weight is 398 g/mol. The van der Waals surface area contributed by atoms with Gasteiger partial charge in [-0.3, -0.25) is 0 Å². The quantitative estimate of drug-likeness (QED) is 0.426. The van der Waals surface area contributed by atoms with Crippen LogP contribution >= 0.6 is 11.6 Å². The normalized spacial score (nSPS) is 10.8. The van der Waals surface area contributed by atoms with Crippen LogP contribution in [0.3, 0.4) is 0 Å². The summed E-state index contributed by atoms with van der Waals surface area (Å²) < 4.78 is 5.61. The number of para-hydroxylation sites is 1. The van der Waals surface area contributed by atoms with Crippen LogP contribution in [0.15, 0.2) is 64.1 Å². The highest BCUT2D eigenvalue weighted by Crippen LogP contribution is 2.26. The summed E-state index contributed by atoms with van der Waals surface area (Å²) in [4.78, 5) is 23.1. The number of furan rings is 1. The van der Waals surface area contributed by atoms with Crippen molar-refractivity contribution in [1.82, 2.24) is 5.43 Å². The molecule has 0 spiro atoms. The molecule has 3 N–H and O–H groups in total. The van der Waals surface area contributed by atoms with Crippen LogP contribution in [0.1, 0.15) is 21.7 Å². The average Bonchev–Trinajstić information content (AvgIpc) is 3.12. The third kappa shape index (κ3) is 4.57. The first-order valence-corrected chi connectivity index (χ1v) is 8.60. The van der Waals surface area contributed by atoms with E-state index in [1.165, 1.54) is 18.3 Å². The van der Waals surface area contributed by atoms with Crippen molar-refractivity contribution >= 4 is 35.5 Å². The highest BCUT2D eigenvalue weighted by molar-refractivity contribution is 6.33. The smallest absolute Gasteiger partial charge is 0.339 e. The first-order chi connectivity index (χ1) is 13.4. The summed E-state index contributed by atoms with van der Waals surface area (Å²) in [6.07, 6.45) is 1.34. The number of hydrazone groups is 1. The number of rotatable bonds is 5. The molecule has 8 heteroatoms. The standard InChI is InChI=1S/C20H16ClN3O4/c1-12-4-2-3-5-17(12)23-20(27)24-22-11-14-7-9-18(28-14)13-6-8-16(21)15(10-13)19(25)26/h2-11H,1H3,(H,25,26)(H2,23,24,27). The van der Waals surface area contributed by atoms with Gasteiger partial charge >= 0.3 is 12.0 Å². The van der Waals surface area contributed by atoms with E-state index in [0.717, 1.165) is 5.56 Å². The maximum Gasteiger partial charge on any atom is 0.339 e. The lowest BCUT2D eigenvalue weighted by molar-refractivity contribution is 0.0697. The van der Waals surface area contributed by atoms with E-state index in [-0.39, 0.29) is 10.6 Å². The van der Waals surface area contributed by atoms with Crippen LogP contribution < -0.4 is 10.7 Å². The second kappa shape index (κ2) is 8.41. The first-order valence-electron chi connectivity index (χ1n) is 8.23. The minimum Gasteiger partial charge on any atom is -0.478 e. The third-order valence-electron chi connectivity index (χ3n) is 3.86. The Balaban J connectivity index is 1.64. The molecule has 3 aromatic rings. The monoisotopic (exact) mass is 397 g/mol. The Morgan fingerprint density at radius 2 is 1.93 bits per heavy atom. The van der Waals surface area contributed by atoms with Crippen LogP contribution in [0.25, 0.3) is 11.3 Å². The molecule has 0 aliphatic heterocycles. The number of amides is 2. The fourth-order valence-electron chi connectivity index (χ4n) is 2.44. The molecule has 1 heterocycles. The molecule has 0 fully saturated rings. The zero-order valence-electron chi connectivity index (χ0n) is 14.8. The van der Waals surface area contributed by atoms with Crippen LogP contribution in [0.4, 0.5) is 10.5 Å². The van der Waals surface area contributed by atoms with E-state index in [1.54, 1.807) is 24.3 Å². The van der Waals surface area contributed by atoms with Crippen LogP contribution in [-0.4, -0.2) is 23.3 Å². The van der Waals surface area contributed by atoms with Crippen molar-refractivity contribution in [2.75, 3.05) is 5.32 Å². The van der Waals surface area contributed by atoms with Gasteiger partial charge in [0.25, 0.3) is 0 Å². The number of anilines is 1. The SMILES string of the molecule is Cc1ccccc1NC(=O)NN=Cc1ccc(-c2ccc(Cl)c(C(=O)O)c2)o1. The van der Waals surface area contributed by atoms with Gasteiger partial charge in [-0.2, -0.15) is 5.10 Å². The van der Waals surface area contributed by atoms with Crippen LogP contribution in [0.5, 0.6) is 0 Å². The molecule has 0 atom stereocenters. The molecule has 0 saturated carbocycles. The first kappa shape index (κ1) is 19.2. The van der Waals surface area contributed by atoms with Crippen molar-refractivity contribution in [1.29, 1.82) is 0 Å². The highest BCUT2D eigenvalue weighted by Gasteiger charge is 2.12. The van der Waals surface area contributed by atoms with E-state index in [9.17, 15) is 9.59 Å². The van der Waals surface area contributed by atoms with Crippen molar-refractivity contribution in [3.05, 3.63) is 76.5 Å². The van der Waals surface area contributed by atoms with Crippen LogP contribution in [-0.2, 0) is 0 Å². The minimum atomic E-state index is -1.12. The summed E-state index contributed by atoms with van der Waals surface area (Å²) in [5.41, 5.74) is 4.52. The van der Waals surface area contributed by atoms with Gasteiger partial charge in [0.15, 0.2) is 0 Å². The largest absolute Gasteiger partial charge is 0.478 e. The number of carboxylic acids is 1. The predicted octanol–water partition coefficient (Wildman–Crippen LogP) is 4.76. The number of nitrogens with one attached hydrogen (secondary N) is 2. The van der Waals surface area contributed by atoms with Gasteiger partial charge in [-0.1, -0.05) is 29.8 Å². The summed E-state index contributed by atoms with van der Waals surface area (Å²) in [5, 5.41) is 15.8. The summed E-state index contributed by atoms with van der Waals surface area (Å²) in [6.45, 7) is 1.88. The number of carbonyl (C=O) groups excluding carboxylic acids is 1. The van der Waals surface area contributed by atoms with Crippen molar-refractivity contribution in [3.63, 3.8) is 0 Å². The Morgan fingerprint density at radius 1 is 1.14 bits per heavy atom. The number of nitrogens with zero attached hydrogens (tertiary/aromatic N) is 1. The summed E-state index contributed by atoms with van der Waals surface area (Å²) >= 11 is 5.87. The van der Waals surface area contributed by atoms with Gasteiger partial charge in [-0.15, -0.1) is 0 Å². The molecule has 0 bridgehead atoms. The molecule has 0 saturated heterocycles. The van der Waals surface area contributed by atoms with Crippen LogP contribution in [0, 0.1) is 6.92 Å². The van der Waals surface area contributed by atoms with Crippen LogP contribution in [0.2, 0.25) is 5.02 Å². The molecule has 2 amide bonds. The molecule has 1 aromatic heterocycles. The topological polar surface area (TPSA) is 104 Å². The van der Waals surface area contributed by atoms with Gasteiger partial charge in [-0.25, -0.2) is 15.0 Å². The Labute approximate surface area is 165 Å². The third-order valence-corrected chi connectivity index (χ3v) is 4.19. The summed E-state index contributed by atoms with van der Waals surface area (Å²) in [7, 11) is 0. The summed E-state index contributed by atoms with van der Waals surface area (Å²) in [6, 6.07) is 14.8. The Bertz CT molecular complexity index is 1060. The lowest BCUT2D eigenvalue weighted by Gasteiger charge is -2.06. The molecule has 0 aliphatic carbocycles. The number of urea groups is 1. The zero-order chi connectivity index (χ0) is 20.1. The van der Waals surface area contributed by atoms with E-state index in [1.807, 2.05) is 25.1 Å². The molecule has 0 unspecified atom stereocenters. The van der Waals surface area contributed by atoms with Crippen molar-refractivity contribution in [3.8, 4) is 11.3 Å². The number of hydrogen-bond acceptors (Lipinski definition) is 4. The Morgan fingerprint density at radius 3 is 2.68 bits per heavy atom. The number of aryl methyl sites for hydroxylation is 1. The minimum absolute atomic E-state index is 0.0136. The van der Waals surface area contributed by atoms with E-state index < -0.39 is 12.0 Å². The van der Waals surface area contributed by atoms with Gasteiger partial charge in [0.1, 0.15) is 11.5 Å². The van der Waals surface area contributed by atoms with E-state index in [2.05, 4.69) is 15.8 Å². The zero-order valence-corrected chi connectivity index (χ0v) is 15.5. The molecule has 7 nitrogen and oxygen atoms in total.